The van der Waals surface area contributed by atoms with Crippen molar-refractivity contribution in [2.24, 2.45) is 0 Å². The minimum Gasteiger partial charge on any atom is -0.497 e. The molecule has 1 atom stereocenters. The molecule has 6 nitrogen and oxygen atoms in total. The van der Waals surface area contributed by atoms with Crippen LogP contribution in [0.1, 0.15) is 11.3 Å². The zero-order valence-electron chi connectivity index (χ0n) is 19.0. The van der Waals surface area contributed by atoms with E-state index >= 15 is 0 Å². The van der Waals surface area contributed by atoms with Gasteiger partial charge < -0.3 is 23.8 Å². The van der Waals surface area contributed by atoms with E-state index in [0.717, 1.165) is 11.4 Å². The Morgan fingerprint density at radius 3 is 1.47 bits per heavy atom. The van der Waals surface area contributed by atoms with Gasteiger partial charge in [-0.15, -0.1) is 0 Å². The van der Waals surface area contributed by atoms with Gasteiger partial charge in [0.2, 0.25) is 0 Å². The van der Waals surface area contributed by atoms with Crippen molar-refractivity contribution in [3.8, 4) is 23.0 Å². The Bertz CT molecular complexity index is 1170. The SMILES string of the molecule is COc1ccc(N[C@H](c2ccc(OC)cc2)P(=O)(Oc2ccccc2)Oc2ccccc2)cc1. The van der Waals surface area contributed by atoms with Crippen LogP contribution in [0.25, 0.3) is 0 Å². The molecular weight excluding hydrogens is 449 g/mol. The van der Waals surface area contributed by atoms with E-state index in [0.29, 0.717) is 22.8 Å². The zero-order chi connectivity index (χ0) is 23.8. The van der Waals surface area contributed by atoms with Crippen molar-refractivity contribution in [3.63, 3.8) is 0 Å². The zero-order valence-corrected chi connectivity index (χ0v) is 19.9. The maximum absolute atomic E-state index is 14.6. The van der Waals surface area contributed by atoms with Gasteiger partial charge in [0.15, 0.2) is 5.78 Å². The Morgan fingerprint density at radius 2 is 1.03 bits per heavy atom. The van der Waals surface area contributed by atoms with Gasteiger partial charge in [-0.05, 0) is 66.2 Å². The molecule has 4 aromatic carbocycles. The number of rotatable bonds is 10. The smallest absolute Gasteiger partial charge is 0.457 e. The van der Waals surface area contributed by atoms with Crippen LogP contribution in [-0.4, -0.2) is 14.2 Å². The molecule has 0 amide bonds. The molecule has 0 bridgehead atoms. The highest BCUT2D eigenvalue weighted by Crippen LogP contribution is 2.60. The van der Waals surface area contributed by atoms with Crippen LogP contribution in [0.2, 0.25) is 0 Å². The first-order chi connectivity index (χ1) is 16.6. The van der Waals surface area contributed by atoms with Crippen molar-refractivity contribution in [1.82, 2.24) is 0 Å². The lowest BCUT2D eigenvalue weighted by molar-refractivity contribution is 0.376. The summed E-state index contributed by atoms with van der Waals surface area (Å²) in [4.78, 5) is 0. The molecule has 0 unspecified atom stereocenters. The summed E-state index contributed by atoms with van der Waals surface area (Å²) < 4.78 is 37.4. The highest BCUT2D eigenvalue weighted by Gasteiger charge is 2.41. The van der Waals surface area contributed by atoms with Crippen molar-refractivity contribution < 1.29 is 23.1 Å². The monoisotopic (exact) mass is 475 g/mol. The van der Waals surface area contributed by atoms with Gasteiger partial charge in [0.1, 0.15) is 23.0 Å². The van der Waals surface area contributed by atoms with Gasteiger partial charge in [0.25, 0.3) is 0 Å². The van der Waals surface area contributed by atoms with Crippen molar-refractivity contribution in [3.05, 3.63) is 115 Å². The van der Waals surface area contributed by atoms with Crippen LogP contribution in [0.5, 0.6) is 23.0 Å². The molecule has 0 aliphatic heterocycles. The molecule has 0 aliphatic rings. The lowest BCUT2D eigenvalue weighted by Gasteiger charge is -2.29. The molecule has 4 aromatic rings. The Morgan fingerprint density at radius 1 is 0.588 bits per heavy atom. The summed E-state index contributed by atoms with van der Waals surface area (Å²) >= 11 is 0. The average molecular weight is 475 g/mol. The summed E-state index contributed by atoms with van der Waals surface area (Å²) in [6, 6.07) is 32.7. The second-order valence-electron chi connectivity index (χ2n) is 7.40. The third-order valence-electron chi connectivity index (χ3n) is 5.09. The minimum absolute atomic E-state index is 0.441. The van der Waals surface area contributed by atoms with Gasteiger partial charge in [0, 0.05) is 5.69 Å². The molecule has 1 N–H and O–H groups in total. The molecule has 0 saturated carbocycles. The van der Waals surface area contributed by atoms with Crippen LogP contribution in [0, 0.1) is 0 Å². The molecule has 0 fully saturated rings. The highest BCUT2D eigenvalue weighted by atomic mass is 31.2. The van der Waals surface area contributed by atoms with Crippen molar-refractivity contribution in [2.45, 2.75) is 5.78 Å². The van der Waals surface area contributed by atoms with Crippen LogP contribution in [0.4, 0.5) is 5.69 Å². The first-order valence-electron chi connectivity index (χ1n) is 10.7. The Labute approximate surface area is 199 Å². The summed E-state index contributed by atoms with van der Waals surface area (Å²) in [7, 11) is -0.676. The maximum Gasteiger partial charge on any atom is 0.457 e. The number of ether oxygens (including phenoxy) is 2. The summed E-state index contributed by atoms with van der Waals surface area (Å²) in [5, 5.41) is 3.36. The number of hydrogen-bond acceptors (Lipinski definition) is 6. The lowest BCUT2D eigenvalue weighted by Crippen LogP contribution is -2.18. The molecule has 0 heterocycles. The molecule has 4 rings (SSSR count). The van der Waals surface area contributed by atoms with Crippen molar-refractivity contribution in [2.75, 3.05) is 19.5 Å². The standard InChI is InChI=1S/C27H26NO5P/c1-30-23-17-13-21(14-18-23)27(28-22-15-19-24(31-2)20-16-22)34(29,32-25-9-5-3-6-10-25)33-26-11-7-4-8-12-26/h3-20,27-28H,1-2H3/t27-/m0/s1. The predicted molar refractivity (Wildman–Crippen MR) is 134 cm³/mol. The van der Waals surface area contributed by atoms with Gasteiger partial charge in [-0.1, -0.05) is 48.5 Å². The van der Waals surface area contributed by atoms with Crippen LogP contribution in [-0.2, 0) is 4.57 Å². The number of benzene rings is 4. The molecule has 0 spiro atoms. The lowest BCUT2D eigenvalue weighted by atomic mass is 10.2. The first-order valence-corrected chi connectivity index (χ1v) is 12.3. The first kappa shape index (κ1) is 23.3. The Kier molecular flexibility index (Phi) is 7.41. The highest BCUT2D eigenvalue weighted by molar-refractivity contribution is 7.55. The van der Waals surface area contributed by atoms with Crippen molar-refractivity contribution in [1.29, 1.82) is 0 Å². The predicted octanol–water partition coefficient (Wildman–Crippen LogP) is 7.17. The van der Waals surface area contributed by atoms with Crippen LogP contribution in [0.3, 0.4) is 0 Å². The van der Waals surface area contributed by atoms with E-state index in [9.17, 15) is 4.57 Å². The normalized spacial score (nSPS) is 11.8. The molecule has 7 heteroatoms. The van der Waals surface area contributed by atoms with Gasteiger partial charge >= 0.3 is 7.60 Å². The van der Waals surface area contributed by atoms with Crippen molar-refractivity contribution >= 4 is 13.3 Å². The van der Waals surface area contributed by atoms with Crippen LogP contribution >= 0.6 is 7.60 Å². The number of methoxy groups -OCH3 is 2. The molecule has 0 aromatic heterocycles. The molecule has 0 saturated heterocycles. The van der Waals surface area contributed by atoms with Gasteiger partial charge in [-0.25, -0.2) is 4.57 Å². The van der Waals surface area contributed by atoms with E-state index in [1.165, 1.54) is 0 Å². The number of nitrogens with one attached hydrogen (secondary N) is 1. The Hall–Kier alpha value is -3.89. The number of hydrogen-bond donors (Lipinski definition) is 1. The van der Waals surface area contributed by atoms with Crippen LogP contribution in [0.15, 0.2) is 109 Å². The largest absolute Gasteiger partial charge is 0.497 e. The molecule has 0 radical (unpaired) electrons. The third kappa shape index (κ3) is 5.72. The quantitative estimate of drug-likeness (QED) is 0.245. The summed E-state index contributed by atoms with van der Waals surface area (Å²) in [6.45, 7) is 0. The van der Waals surface area contributed by atoms with E-state index in [4.69, 9.17) is 18.5 Å². The van der Waals surface area contributed by atoms with E-state index < -0.39 is 13.4 Å². The van der Waals surface area contributed by atoms with E-state index in [1.54, 1.807) is 38.5 Å². The minimum atomic E-state index is -3.89. The molecule has 34 heavy (non-hydrogen) atoms. The van der Waals surface area contributed by atoms with E-state index in [-0.39, 0.29) is 0 Å². The molecular formula is C27H26NO5P. The fourth-order valence-electron chi connectivity index (χ4n) is 3.36. The second-order valence-corrected chi connectivity index (χ2v) is 9.36. The Balaban J connectivity index is 1.78. The van der Waals surface area contributed by atoms with Gasteiger partial charge in [-0.3, -0.25) is 0 Å². The molecule has 0 aliphatic carbocycles. The van der Waals surface area contributed by atoms with Gasteiger partial charge in [0.05, 0.1) is 14.2 Å². The second kappa shape index (κ2) is 10.8. The number of para-hydroxylation sites is 2. The summed E-state index contributed by atoms with van der Waals surface area (Å²) in [5.41, 5.74) is 1.45. The summed E-state index contributed by atoms with van der Waals surface area (Å²) in [6.07, 6.45) is 0. The maximum atomic E-state index is 14.6. The average Bonchev–Trinajstić information content (AvgIpc) is 2.89. The molecule has 174 valence electrons. The van der Waals surface area contributed by atoms with E-state index in [2.05, 4.69) is 5.32 Å². The fourth-order valence-corrected chi connectivity index (χ4v) is 5.28. The summed E-state index contributed by atoms with van der Waals surface area (Å²) in [5.74, 6) is 1.46. The fraction of sp³-hybridized carbons (Fsp3) is 0.111. The van der Waals surface area contributed by atoms with Gasteiger partial charge in [-0.2, -0.15) is 0 Å². The van der Waals surface area contributed by atoms with Crippen LogP contribution < -0.4 is 23.8 Å². The number of anilines is 1. The van der Waals surface area contributed by atoms with E-state index in [1.807, 2.05) is 84.9 Å². The topological polar surface area (TPSA) is 66.0 Å². The third-order valence-corrected chi connectivity index (χ3v) is 7.08.